The zero-order chi connectivity index (χ0) is 23.7. The van der Waals surface area contributed by atoms with Crippen molar-refractivity contribution in [3.8, 4) is 11.1 Å². The fourth-order valence-corrected chi connectivity index (χ4v) is 4.28. The normalized spacial score (nSPS) is 11.6. The van der Waals surface area contributed by atoms with E-state index in [4.69, 9.17) is 0 Å². The number of anilines is 2. The van der Waals surface area contributed by atoms with E-state index in [2.05, 4.69) is 15.3 Å². The van der Waals surface area contributed by atoms with Gasteiger partial charge in [0, 0.05) is 28.5 Å². The summed E-state index contributed by atoms with van der Waals surface area (Å²) in [5, 5.41) is 6.24. The van der Waals surface area contributed by atoms with Crippen molar-refractivity contribution in [3.05, 3.63) is 84.0 Å². The number of hydrogen-bond acceptors (Lipinski definition) is 5. The Morgan fingerprint density at radius 2 is 1.68 bits per heavy atom. The lowest BCUT2D eigenvalue weighted by Gasteiger charge is -2.11. The van der Waals surface area contributed by atoms with Crippen LogP contribution in [0, 0.1) is 0 Å². The first-order valence-corrected chi connectivity index (χ1v) is 11.2. The molecule has 0 bridgehead atoms. The van der Waals surface area contributed by atoms with Crippen LogP contribution in [-0.2, 0) is 0 Å². The molecule has 0 saturated carbocycles. The van der Waals surface area contributed by atoms with E-state index in [9.17, 15) is 18.0 Å². The Morgan fingerprint density at radius 3 is 2.47 bits per heavy atom. The summed E-state index contributed by atoms with van der Waals surface area (Å²) in [4.78, 5) is 20.8. The Balaban J connectivity index is 1.37. The molecule has 0 fully saturated rings. The SMILES string of the molecule is O=C(NCC(F)(F)F)c1ccc(-c2ccc3c(Nc4ccc5scnc5c4)ccnc3c2)cc1. The predicted octanol–water partition coefficient (Wildman–Crippen LogP) is 6.55. The topological polar surface area (TPSA) is 66.9 Å². The molecule has 0 aliphatic heterocycles. The number of nitrogens with one attached hydrogen (secondary N) is 2. The molecule has 0 saturated heterocycles. The van der Waals surface area contributed by atoms with Crippen LogP contribution in [0.5, 0.6) is 0 Å². The van der Waals surface area contributed by atoms with Gasteiger partial charge < -0.3 is 10.6 Å². The summed E-state index contributed by atoms with van der Waals surface area (Å²) < 4.78 is 38.1. The van der Waals surface area contributed by atoms with Gasteiger partial charge in [-0.05, 0) is 53.6 Å². The van der Waals surface area contributed by atoms with E-state index >= 15 is 0 Å². The minimum Gasteiger partial charge on any atom is -0.355 e. The number of aromatic nitrogens is 2. The van der Waals surface area contributed by atoms with Crippen LogP contribution in [0.25, 0.3) is 32.2 Å². The van der Waals surface area contributed by atoms with Crippen molar-refractivity contribution in [3.63, 3.8) is 0 Å². The van der Waals surface area contributed by atoms with Crippen molar-refractivity contribution in [2.45, 2.75) is 6.18 Å². The van der Waals surface area contributed by atoms with Crippen molar-refractivity contribution in [2.24, 2.45) is 0 Å². The molecule has 0 atom stereocenters. The number of nitrogens with zero attached hydrogens (tertiary/aromatic N) is 2. The highest BCUT2D eigenvalue weighted by Crippen LogP contribution is 2.30. The van der Waals surface area contributed by atoms with E-state index in [0.717, 1.165) is 43.6 Å². The van der Waals surface area contributed by atoms with Crippen LogP contribution < -0.4 is 10.6 Å². The Bertz CT molecular complexity index is 1500. The van der Waals surface area contributed by atoms with Crippen LogP contribution >= 0.6 is 11.3 Å². The number of amides is 1. The molecule has 0 radical (unpaired) electrons. The lowest BCUT2D eigenvalue weighted by molar-refractivity contribution is -0.123. The minimum absolute atomic E-state index is 0.162. The molecule has 0 unspecified atom stereocenters. The van der Waals surface area contributed by atoms with Crippen LogP contribution in [0.15, 0.2) is 78.4 Å². The fraction of sp³-hybridized carbons (Fsp3) is 0.0800. The molecule has 5 nitrogen and oxygen atoms in total. The Kier molecular flexibility index (Phi) is 5.62. The lowest BCUT2D eigenvalue weighted by Crippen LogP contribution is -2.33. The second-order valence-electron chi connectivity index (χ2n) is 7.63. The second-order valence-corrected chi connectivity index (χ2v) is 8.51. The number of rotatable bonds is 5. The first-order valence-electron chi connectivity index (χ1n) is 10.3. The first-order chi connectivity index (χ1) is 16.4. The smallest absolute Gasteiger partial charge is 0.355 e. The lowest BCUT2D eigenvalue weighted by atomic mass is 10.0. The summed E-state index contributed by atoms with van der Waals surface area (Å²) in [6, 6.07) is 20.2. The van der Waals surface area contributed by atoms with E-state index in [1.807, 2.05) is 53.3 Å². The number of carbonyl (C=O) groups is 1. The molecule has 34 heavy (non-hydrogen) atoms. The maximum absolute atomic E-state index is 12.3. The molecular weight excluding hydrogens is 461 g/mol. The summed E-state index contributed by atoms with van der Waals surface area (Å²) in [6.45, 7) is -1.36. The molecule has 5 aromatic rings. The Hall–Kier alpha value is -3.98. The van der Waals surface area contributed by atoms with Crippen LogP contribution in [0.3, 0.4) is 0 Å². The van der Waals surface area contributed by atoms with Crippen LogP contribution in [0.1, 0.15) is 10.4 Å². The van der Waals surface area contributed by atoms with Crippen molar-refractivity contribution < 1.29 is 18.0 Å². The van der Waals surface area contributed by atoms with Gasteiger partial charge in [-0.1, -0.05) is 24.3 Å². The van der Waals surface area contributed by atoms with Gasteiger partial charge in [-0.3, -0.25) is 9.78 Å². The van der Waals surface area contributed by atoms with Gasteiger partial charge in [0.2, 0.25) is 0 Å². The van der Waals surface area contributed by atoms with Gasteiger partial charge in [-0.15, -0.1) is 11.3 Å². The molecule has 3 aromatic carbocycles. The average Bonchev–Trinajstić information content (AvgIpc) is 3.30. The molecule has 2 aromatic heterocycles. The molecule has 5 rings (SSSR count). The number of carbonyl (C=O) groups excluding carboxylic acids is 1. The zero-order valence-corrected chi connectivity index (χ0v) is 18.4. The second kappa shape index (κ2) is 8.75. The van der Waals surface area contributed by atoms with E-state index < -0.39 is 18.6 Å². The zero-order valence-electron chi connectivity index (χ0n) is 17.6. The third kappa shape index (κ3) is 4.69. The van der Waals surface area contributed by atoms with Crippen molar-refractivity contribution in [1.29, 1.82) is 0 Å². The van der Waals surface area contributed by atoms with E-state index in [0.29, 0.717) is 0 Å². The molecule has 0 aliphatic carbocycles. The van der Waals surface area contributed by atoms with Gasteiger partial charge in [0.05, 0.1) is 21.2 Å². The van der Waals surface area contributed by atoms with E-state index in [1.165, 1.54) is 12.1 Å². The highest BCUT2D eigenvalue weighted by atomic mass is 32.1. The standard InChI is InChI=1S/C25H17F3N4OS/c26-25(27,28)13-30-24(33)16-3-1-15(2-4-16)17-5-7-19-20(9-10-29-21(19)11-17)32-18-6-8-23-22(12-18)31-14-34-23/h1-12,14H,13H2,(H,29,32)(H,30,33). The highest BCUT2D eigenvalue weighted by molar-refractivity contribution is 7.16. The number of hydrogen-bond donors (Lipinski definition) is 2. The van der Waals surface area contributed by atoms with Crippen LogP contribution in [-0.4, -0.2) is 28.6 Å². The molecule has 1 amide bonds. The van der Waals surface area contributed by atoms with Gasteiger partial charge in [-0.25, -0.2) is 4.98 Å². The maximum atomic E-state index is 12.3. The van der Waals surface area contributed by atoms with Crippen molar-refractivity contribution in [2.75, 3.05) is 11.9 Å². The van der Waals surface area contributed by atoms with Crippen LogP contribution in [0.2, 0.25) is 0 Å². The summed E-state index contributed by atoms with van der Waals surface area (Å²) >= 11 is 1.59. The number of halogens is 3. The number of alkyl halides is 3. The minimum atomic E-state index is -4.45. The first kappa shape index (κ1) is 21.8. The quantitative estimate of drug-likeness (QED) is 0.301. The number of thiazole rings is 1. The molecule has 0 aliphatic rings. The molecular formula is C25H17F3N4OS. The number of pyridine rings is 1. The fourth-order valence-electron chi connectivity index (χ4n) is 3.62. The van der Waals surface area contributed by atoms with Gasteiger partial charge in [0.15, 0.2) is 0 Å². The predicted molar refractivity (Wildman–Crippen MR) is 128 cm³/mol. The highest BCUT2D eigenvalue weighted by Gasteiger charge is 2.27. The summed E-state index contributed by atoms with van der Waals surface area (Å²) in [5.74, 6) is -0.768. The summed E-state index contributed by atoms with van der Waals surface area (Å²) in [6.07, 6.45) is -2.72. The van der Waals surface area contributed by atoms with Gasteiger partial charge in [-0.2, -0.15) is 13.2 Å². The van der Waals surface area contributed by atoms with Gasteiger partial charge in [0.25, 0.3) is 5.91 Å². The third-order valence-electron chi connectivity index (χ3n) is 5.28. The average molecular weight is 478 g/mol. The van der Waals surface area contributed by atoms with E-state index in [1.54, 1.807) is 29.7 Å². The van der Waals surface area contributed by atoms with Gasteiger partial charge >= 0.3 is 6.18 Å². The van der Waals surface area contributed by atoms with Crippen molar-refractivity contribution >= 4 is 49.7 Å². The molecule has 2 heterocycles. The number of fused-ring (bicyclic) bond motifs is 2. The number of benzene rings is 3. The largest absolute Gasteiger partial charge is 0.405 e. The van der Waals surface area contributed by atoms with Gasteiger partial charge in [0.1, 0.15) is 6.54 Å². The molecule has 170 valence electrons. The van der Waals surface area contributed by atoms with E-state index in [-0.39, 0.29) is 5.56 Å². The molecule has 2 N–H and O–H groups in total. The van der Waals surface area contributed by atoms with Crippen LogP contribution in [0.4, 0.5) is 24.5 Å². The van der Waals surface area contributed by atoms with Crippen molar-refractivity contribution in [1.82, 2.24) is 15.3 Å². The monoisotopic (exact) mass is 478 g/mol. The Morgan fingerprint density at radius 1 is 0.882 bits per heavy atom. The maximum Gasteiger partial charge on any atom is 0.405 e. The Labute approximate surface area is 196 Å². The molecule has 0 spiro atoms. The summed E-state index contributed by atoms with van der Waals surface area (Å²) in [7, 11) is 0. The summed E-state index contributed by atoms with van der Waals surface area (Å²) in [5.41, 5.74) is 7.23. The third-order valence-corrected chi connectivity index (χ3v) is 6.09. The molecule has 9 heteroatoms.